The van der Waals surface area contributed by atoms with Crippen LogP contribution in [0.25, 0.3) is 0 Å². The van der Waals surface area contributed by atoms with E-state index in [1.807, 2.05) is 0 Å². The minimum atomic E-state index is -1.17. The summed E-state index contributed by atoms with van der Waals surface area (Å²) in [6, 6.07) is 3.47. The molecule has 0 fully saturated rings. The number of carbonyl (C=O) groups is 1. The average Bonchev–Trinajstić information content (AvgIpc) is 2.88. The minimum Gasteiger partial charge on any atom is -0.478 e. The number of nitro groups is 1. The third-order valence-electron chi connectivity index (χ3n) is 2.28. The quantitative estimate of drug-likeness (QED) is 0.609. The second kappa shape index (κ2) is 5.12. The summed E-state index contributed by atoms with van der Waals surface area (Å²) in [4.78, 5) is 24.8. The smallest absolute Gasteiger partial charge is 0.335 e. The van der Waals surface area contributed by atoms with Crippen LogP contribution in [0.4, 0.5) is 11.4 Å². The number of carboxylic acid groups (broad SMARTS) is 1. The molecule has 0 aliphatic heterocycles. The number of carboxylic acids is 1. The molecule has 2 aromatic rings. The van der Waals surface area contributed by atoms with Gasteiger partial charge in [-0.2, -0.15) is 4.98 Å². The molecule has 0 saturated heterocycles. The highest BCUT2D eigenvalue weighted by atomic mass is 16.6. The molecule has 0 amide bonds. The molecule has 0 spiro atoms. The van der Waals surface area contributed by atoms with Gasteiger partial charge < -0.3 is 14.9 Å². The van der Waals surface area contributed by atoms with E-state index in [9.17, 15) is 14.9 Å². The molecule has 1 aromatic carbocycles. The summed E-state index contributed by atoms with van der Waals surface area (Å²) in [7, 11) is 0. The normalized spacial score (nSPS) is 10.1. The summed E-state index contributed by atoms with van der Waals surface area (Å²) in [6.45, 7) is 0.0837. The van der Waals surface area contributed by atoms with E-state index in [0.29, 0.717) is 5.82 Å². The van der Waals surface area contributed by atoms with Crippen LogP contribution in [0.5, 0.6) is 0 Å². The zero-order chi connectivity index (χ0) is 13.8. The van der Waals surface area contributed by atoms with Gasteiger partial charge >= 0.3 is 5.97 Å². The van der Waals surface area contributed by atoms with Gasteiger partial charge in [0.1, 0.15) is 5.69 Å². The summed E-state index contributed by atoms with van der Waals surface area (Å²) in [5.41, 5.74) is -0.204. The highest BCUT2D eigenvalue weighted by Gasteiger charge is 2.16. The van der Waals surface area contributed by atoms with Gasteiger partial charge in [-0.1, -0.05) is 5.16 Å². The Balaban J connectivity index is 2.27. The molecule has 0 bridgehead atoms. The first-order valence-electron chi connectivity index (χ1n) is 5.09. The van der Waals surface area contributed by atoms with Crippen molar-refractivity contribution in [1.29, 1.82) is 0 Å². The van der Waals surface area contributed by atoms with Crippen LogP contribution in [0.1, 0.15) is 16.2 Å². The van der Waals surface area contributed by atoms with E-state index in [1.54, 1.807) is 0 Å². The molecule has 1 aromatic heterocycles. The molecule has 0 aliphatic carbocycles. The Morgan fingerprint density at radius 2 is 2.32 bits per heavy atom. The lowest BCUT2D eigenvalue weighted by atomic mass is 10.1. The van der Waals surface area contributed by atoms with Crippen molar-refractivity contribution in [2.24, 2.45) is 0 Å². The van der Waals surface area contributed by atoms with Gasteiger partial charge in [0.25, 0.3) is 5.69 Å². The van der Waals surface area contributed by atoms with Crippen molar-refractivity contribution in [3.63, 3.8) is 0 Å². The molecule has 0 radical (unpaired) electrons. The fraction of sp³-hybridized carbons (Fsp3) is 0.100. The Morgan fingerprint density at radius 3 is 2.89 bits per heavy atom. The van der Waals surface area contributed by atoms with E-state index in [-0.39, 0.29) is 23.5 Å². The molecule has 1 heterocycles. The van der Waals surface area contributed by atoms with Crippen LogP contribution in [0.2, 0.25) is 0 Å². The number of nitro benzene ring substituents is 1. The van der Waals surface area contributed by atoms with Crippen molar-refractivity contribution in [3.05, 3.63) is 46.1 Å². The summed E-state index contributed by atoms with van der Waals surface area (Å²) < 4.78 is 4.51. The molecule has 0 aliphatic rings. The molecular formula is C10H8N4O5. The number of nitrogens with zero attached hydrogens (tertiary/aromatic N) is 3. The first kappa shape index (κ1) is 12.5. The average molecular weight is 264 g/mol. The van der Waals surface area contributed by atoms with Crippen molar-refractivity contribution < 1.29 is 19.3 Å². The fourth-order valence-electron chi connectivity index (χ4n) is 1.41. The number of rotatable bonds is 5. The highest BCUT2D eigenvalue weighted by molar-refractivity contribution is 5.90. The van der Waals surface area contributed by atoms with Gasteiger partial charge in [0.2, 0.25) is 6.39 Å². The lowest BCUT2D eigenvalue weighted by Crippen LogP contribution is -2.06. The van der Waals surface area contributed by atoms with Gasteiger partial charge in [0.15, 0.2) is 5.82 Å². The molecule has 0 atom stereocenters. The van der Waals surface area contributed by atoms with E-state index in [2.05, 4.69) is 20.0 Å². The van der Waals surface area contributed by atoms with Crippen LogP contribution < -0.4 is 5.32 Å². The van der Waals surface area contributed by atoms with Gasteiger partial charge in [-0.25, -0.2) is 4.79 Å². The zero-order valence-corrected chi connectivity index (χ0v) is 9.44. The van der Waals surface area contributed by atoms with Crippen molar-refractivity contribution in [3.8, 4) is 0 Å². The minimum absolute atomic E-state index is 0.0544. The Hall–Kier alpha value is -2.97. The van der Waals surface area contributed by atoms with E-state index in [4.69, 9.17) is 5.11 Å². The third-order valence-corrected chi connectivity index (χ3v) is 2.28. The van der Waals surface area contributed by atoms with Gasteiger partial charge in [-0.3, -0.25) is 10.1 Å². The van der Waals surface area contributed by atoms with Crippen molar-refractivity contribution in [1.82, 2.24) is 10.1 Å². The largest absolute Gasteiger partial charge is 0.478 e. The second-order valence-electron chi connectivity index (χ2n) is 3.50. The third kappa shape index (κ3) is 2.83. The van der Waals surface area contributed by atoms with Crippen LogP contribution in [0, 0.1) is 10.1 Å². The Labute approximate surface area is 106 Å². The van der Waals surface area contributed by atoms with E-state index in [1.165, 1.54) is 12.1 Å². The number of anilines is 1. The molecule has 19 heavy (non-hydrogen) atoms. The van der Waals surface area contributed by atoms with Gasteiger partial charge in [0.05, 0.1) is 17.0 Å². The topological polar surface area (TPSA) is 131 Å². The highest BCUT2D eigenvalue weighted by Crippen LogP contribution is 2.25. The summed E-state index contributed by atoms with van der Waals surface area (Å²) in [5.74, 6) is -0.868. The Kier molecular flexibility index (Phi) is 3.37. The SMILES string of the molecule is O=C(O)c1ccc([N+](=O)[O-])c(NCc2ncon2)c1. The van der Waals surface area contributed by atoms with Crippen LogP contribution in [-0.2, 0) is 6.54 Å². The summed E-state index contributed by atoms with van der Waals surface area (Å²) in [6.07, 6.45) is 1.12. The second-order valence-corrected chi connectivity index (χ2v) is 3.50. The van der Waals surface area contributed by atoms with Crippen molar-refractivity contribution in [2.45, 2.75) is 6.54 Å². The van der Waals surface area contributed by atoms with Crippen LogP contribution >= 0.6 is 0 Å². The molecule has 9 heteroatoms. The molecule has 98 valence electrons. The molecule has 9 nitrogen and oxygen atoms in total. The number of hydrogen-bond donors (Lipinski definition) is 2. The van der Waals surface area contributed by atoms with E-state index < -0.39 is 10.9 Å². The lowest BCUT2D eigenvalue weighted by molar-refractivity contribution is -0.384. The number of aromatic carboxylic acids is 1. The van der Waals surface area contributed by atoms with Crippen molar-refractivity contribution >= 4 is 17.3 Å². The first-order valence-corrected chi connectivity index (χ1v) is 5.09. The monoisotopic (exact) mass is 264 g/mol. The predicted octanol–water partition coefficient (Wildman–Crippen LogP) is 1.29. The lowest BCUT2D eigenvalue weighted by Gasteiger charge is -2.05. The van der Waals surface area contributed by atoms with Crippen molar-refractivity contribution in [2.75, 3.05) is 5.32 Å². The first-order chi connectivity index (χ1) is 9.08. The number of nitrogens with one attached hydrogen (secondary N) is 1. The number of aromatic nitrogens is 2. The molecule has 0 unspecified atom stereocenters. The summed E-state index contributed by atoms with van der Waals surface area (Å²) >= 11 is 0. The maximum Gasteiger partial charge on any atom is 0.335 e. The van der Waals surface area contributed by atoms with Gasteiger partial charge in [-0.15, -0.1) is 0 Å². The Morgan fingerprint density at radius 1 is 1.53 bits per heavy atom. The van der Waals surface area contributed by atoms with Crippen LogP contribution in [0.15, 0.2) is 29.1 Å². The van der Waals surface area contributed by atoms with E-state index >= 15 is 0 Å². The van der Waals surface area contributed by atoms with E-state index in [0.717, 1.165) is 12.5 Å². The van der Waals surface area contributed by atoms with Crippen LogP contribution in [-0.4, -0.2) is 26.1 Å². The number of benzene rings is 1. The molecular weight excluding hydrogens is 256 g/mol. The predicted molar refractivity (Wildman–Crippen MR) is 61.7 cm³/mol. The maximum atomic E-state index is 10.8. The molecule has 2 rings (SSSR count). The van der Waals surface area contributed by atoms with Gasteiger partial charge in [-0.05, 0) is 12.1 Å². The molecule has 2 N–H and O–H groups in total. The standard InChI is InChI=1S/C10H8N4O5/c15-10(16)6-1-2-8(14(17)18)7(3-6)11-4-9-12-5-19-13-9/h1-3,5,11H,4H2,(H,15,16). The maximum absolute atomic E-state index is 10.8. The van der Waals surface area contributed by atoms with Crippen LogP contribution in [0.3, 0.4) is 0 Å². The zero-order valence-electron chi connectivity index (χ0n) is 9.44. The fourth-order valence-corrected chi connectivity index (χ4v) is 1.41. The van der Waals surface area contributed by atoms with Gasteiger partial charge in [0, 0.05) is 6.07 Å². The Bertz CT molecular complexity index is 610. The molecule has 0 saturated carbocycles. The number of hydrogen-bond acceptors (Lipinski definition) is 7. The summed E-state index contributed by atoms with van der Waals surface area (Å²) in [5, 5.41) is 25.9.